The molecule has 3 N–H and O–H groups in total. The van der Waals surface area contributed by atoms with Crippen LogP contribution in [0, 0.1) is 21.4 Å². The zero-order chi connectivity index (χ0) is 43.3. The number of benzene rings is 3. The maximum Gasteiger partial charge on any atom is 0.293 e. The number of hydrogen-bond donors (Lipinski definition) is 3. The second-order valence-corrected chi connectivity index (χ2v) is 20.3. The summed E-state index contributed by atoms with van der Waals surface area (Å²) in [5, 5.41) is 16.8. The number of carbonyl (C=O) groups is 1. The lowest BCUT2D eigenvalue weighted by Gasteiger charge is -2.56. The first-order valence-corrected chi connectivity index (χ1v) is 24.1. The molecule has 5 fully saturated rings. The fraction of sp³-hybridized carbons (Fsp3) is 0.447. The summed E-state index contributed by atoms with van der Waals surface area (Å²) >= 11 is 6.56. The van der Waals surface area contributed by atoms with Gasteiger partial charge in [0, 0.05) is 79.4 Å². The molecule has 3 saturated heterocycles. The molecule has 10 rings (SSSR count). The first-order chi connectivity index (χ1) is 30.5. The molecular weight excluding hydrogens is 842 g/mol. The number of likely N-dealkylation sites (tertiary alicyclic amines) is 1. The van der Waals surface area contributed by atoms with Gasteiger partial charge in [0.1, 0.15) is 22.8 Å². The van der Waals surface area contributed by atoms with Gasteiger partial charge in [-0.05, 0) is 148 Å². The predicted molar refractivity (Wildman–Crippen MR) is 241 cm³/mol. The van der Waals surface area contributed by atoms with Crippen molar-refractivity contribution in [1.82, 2.24) is 19.6 Å². The quantitative estimate of drug-likeness (QED) is 0.0760. The fourth-order valence-electron chi connectivity index (χ4n) is 10.5. The number of carbonyl (C=O) groups excluding carboxylic acids is 1. The van der Waals surface area contributed by atoms with Crippen LogP contribution in [0.3, 0.4) is 0 Å². The van der Waals surface area contributed by atoms with Crippen LogP contribution < -0.4 is 19.7 Å². The van der Waals surface area contributed by atoms with Gasteiger partial charge < -0.3 is 24.7 Å². The number of fused-ring (bicyclic) bond motifs is 1. The zero-order valence-electron chi connectivity index (χ0n) is 35.1. The lowest BCUT2D eigenvalue weighted by atomic mass is 9.59. The number of pyridine rings is 1. The molecule has 2 aliphatic carbocycles. The number of nitrogens with one attached hydrogen (secondary N) is 3. The van der Waals surface area contributed by atoms with E-state index in [0.29, 0.717) is 54.6 Å². The van der Waals surface area contributed by atoms with Crippen LogP contribution in [0.1, 0.15) is 97.7 Å². The molecule has 63 heavy (non-hydrogen) atoms. The van der Waals surface area contributed by atoms with Crippen LogP contribution >= 0.6 is 11.6 Å². The average Bonchev–Trinajstić information content (AvgIpc) is 3.81. The molecule has 0 radical (unpaired) electrons. The van der Waals surface area contributed by atoms with Gasteiger partial charge >= 0.3 is 0 Å². The summed E-state index contributed by atoms with van der Waals surface area (Å²) in [5.41, 5.74) is 4.56. The molecule has 2 saturated carbocycles. The molecule has 16 heteroatoms. The number of hydrogen-bond acceptors (Lipinski definition) is 11. The zero-order valence-corrected chi connectivity index (χ0v) is 36.6. The molecule has 1 amide bonds. The number of nitro benzene ring substituents is 1. The Bertz CT molecular complexity index is 2650. The number of aromatic amines is 1. The van der Waals surface area contributed by atoms with E-state index < -0.39 is 31.4 Å². The number of piperidine rings is 1. The van der Waals surface area contributed by atoms with E-state index in [-0.39, 0.29) is 22.9 Å². The molecule has 3 aliphatic heterocycles. The van der Waals surface area contributed by atoms with Crippen molar-refractivity contribution in [2.75, 3.05) is 49.6 Å². The number of halogens is 1. The Labute approximate surface area is 371 Å². The van der Waals surface area contributed by atoms with Crippen molar-refractivity contribution in [1.29, 1.82) is 0 Å². The highest BCUT2D eigenvalue weighted by Crippen LogP contribution is 2.55. The molecule has 1 atom stereocenters. The van der Waals surface area contributed by atoms with Crippen molar-refractivity contribution in [2.24, 2.45) is 11.3 Å². The van der Waals surface area contributed by atoms with E-state index in [0.717, 1.165) is 67.5 Å². The second kappa shape index (κ2) is 17.1. The van der Waals surface area contributed by atoms with E-state index >= 15 is 0 Å². The van der Waals surface area contributed by atoms with Crippen LogP contribution in [0.5, 0.6) is 11.5 Å². The van der Waals surface area contributed by atoms with Gasteiger partial charge in [0.25, 0.3) is 21.6 Å². The normalized spacial score (nSPS) is 20.8. The summed E-state index contributed by atoms with van der Waals surface area (Å²) in [7, 11) is -4.54. The van der Waals surface area contributed by atoms with Gasteiger partial charge in [-0.15, -0.1) is 0 Å². The summed E-state index contributed by atoms with van der Waals surface area (Å²) in [6, 6.07) is 20.0. The van der Waals surface area contributed by atoms with E-state index in [2.05, 4.69) is 48.0 Å². The third-order valence-electron chi connectivity index (χ3n) is 14.2. The van der Waals surface area contributed by atoms with Gasteiger partial charge in [0.05, 0.1) is 21.6 Å². The van der Waals surface area contributed by atoms with Gasteiger partial charge in [-0.3, -0.25) is 19.8 Å². The molecule has 330 valence electrons. The van der Waals surface area contributed by atoms with Crippen LogP contribution in [-0.4, -0.2) is 79.6 Å². The summed E-state index contributed by atoms with van der Waals surface area (Å²) in [4.78, 5) is 37.6. The van der Waals surface area contributed by atoms with Gasteiger partial charge in [-0.25, -0.2) is 18.1 Å². The van der Waals surface area contributed by atoms with Crippen molar-refractivity contribution < 1.29 is 27.6 Å². The topological polar surface area (TPSA) is 172 Å². The average molecular weight is 894 g/mol. The Kier molecular flexibility index (Phi) is 11.3. The Morgan fingerprint density at radius 2 is 1.78 bits per heavy atom. The van der Waals surface area contributed by atoms with Crippen molar-refractivity contribution in [2.45, 2.75) is 87.1 Å². The number of sulfonamides is 1. The van der Waals surface area contributed by atoms with E-state index in [1.54, 1.807) is 30.6 Å². The Morgan fingerprint density at radius 1 is 0.968 bits per heavy atom. The number of amides is 1. The summed E-state index contributed by atoms with van der Waals surface area (Å²) in [5.74, 6) is 0.559. The fourth-order valence-corrected chi connectivity index (χ4v) is 11.7. The highest BCUT2D eigenvalue weighted by Gasteiger charge is 2.50. The number of aromatic nitrogens is 2. The van der Waals surface area contributed by atoms with Crippen LogP contribution in [0.4, 0.5) is 17.1 Å². The van der Waals surface area contributed by atoms with Crippen molar-refractivity contribution in [3.05, 3.63) is 111 Å². The number of nitrogens with zero attached hydrogens (tertiary/aromatic N) is 4. The third kappa shape index (κ3) is 8.72. The second-order valence-electron chi connectivity index (χ2n) is 18.2. The van der Waals surface area contributed by atoms with Gasteiger partial charge in [0.15, 0.2) is 0 Å². The van der Waals surface area contributed by atoms with E-state index in [9.17, 15) is 23.3 Å². The lowest BCUT2D eigenvalue weighted by Crippen LogP contribution is -2.54. The highest BCUT2D eigenvalue weighted by molar-refractivity contribution is 7.90. The minimum Gasteiger partial charge on any atom is -0.455 e. The molecule has 1 unspecified atom stereocenters. The standard InChI is InChI=1S/C47H52ClN7O7S/c48-33-5-8-38(31-3-4-31)40(23-33)42-2-1-17-54(42)35-26-47(27-35)14-18-53(19-15-47)34-6-9-39(44(24-34)62-36-22-32-11-16-49-45(32)51-29-36)46(56)52-63(59,60)37-7-10-41(43(25-37)55(57)58)50-28-30-12-20-61-21-13-30/h5-11,16,22-25,29-31,35,42,50H,1-4,12-15,17-21,26-28H2,(H,49,51)(H,52,56). The smallest absolute Gasteiger partial charge is 0.293 e. The highest BCUT2D eigenvalue weighted by atomic mass is 35.5. The molecule has 2 aromatic heterocycles. The van der Waals surface area contributed by atoms with Crippen LogP contribution in [-0.2, 0) is 14.8 Å². The Balaban J connectivity index is 0.841. The van der Waals surface area contributed by atoms with E-state index in [1.807, 2.05) is 12.1 Å². The summed E-state index contributed by atoms with van der Waals surface area (Å²) in [6.07, 6.45) is 14.4. The number of anilines is 2. The van der Waals surface area contributed by atoms with Crippen LogP contribution in [0.25, 0.3) is 11.0 Å². The molecule has 5 aliphatic rings. The minimum absolute atomic E-state index is 0.0132. The molecular formula is C47H52ClN7O7S. The monoisotopic (exact) mass is 893 g/mol. The van der Waals surface area contributed by atoms with Crippen LogP contribution in [0.15, 0.2) is 84.0 Å². The predicted octanol–water partition coefficient (Wildman–Crippen LogP) is 9.34. The molecule has 14 nitrogen and oxygen atoms in total. The summed E-state index contributed by atoms with van der Waals surface area (Å²) in [6.45, 7) is 4.56. The Hall–Kier alpha value is -5.22. The first kappa shape index (κ1) is 41.8. The third-order valence-corrected chi connectivity index (χ3v) is 15.7. The summed E-state index contributed by atoms with van der Waals surface area (Å²) < 4.78 is 41.3. The van der Waals surface area contributed by atoms with Gasteiger partial charge in [-0.2, -0.15) is 0 Å². The van der Waals surface area contributed by atoms with E-state index in [4.69, 9.17) is 21.1 Å². The maximum atomic E-state index is 14.0. The van der Waals surface area contributed by atoms with Gasteiger partial charge in [-0.1, -0.05) is 17.7 Å². The van der Waals surface area contributed by atoms with Gasteiger partial charge in [0.2, 0.25) is 0 Å². The van der Waals surface area contributed by atoms with Crippen molar-refractivity contribution >= 4 is 55.6 Å². The SMILES string of the molecule is O=C(NS(=O)(=O)c1ccc(NCC2CCOCC2)c([N+](=O)[O-])c1)c1ccc(N2CCC3(CC2)CC(N2CCCC2c2cc(Cl)ccc2C2CC2)C3)cc1Oc1cnc2[nH]ccc2c1. The molecule has 1 spiro atoms. The van der Waals surface area contributed by atoms with Crippen molar-refractivity contribution in [3.63, 3.8) is 0 Å². The van der Waals surface area contributed by atoms with E-state index in [1.165, 1.54) is 61.8 Å². The van der Waals surface area contributed by atoms with Crippen LogP contribution in [0.2, 0.25) is 5.02 Å². The van der Waals surface area contributed by atoms with Crippen molar-refractivity contribution in [3.8, 4) is 11.5 Å². The molecule has 5 heterocycles. The molecule has 3 aromatic carbocycles. The molecule has 0 bridgehead atoms. The number of rotatable bonds is 13. The molecule has 5 aromatic rings. The number of ether oxygens (including phenoxy) is 2. The number of nitro groups is 1. The number of H-pyrrole nitrogens is 1. The Morgan fingerprint density at radius 3 is 2.56 bits per heavy atom. The maximum absolute atomic E-state index is 14.0. The largest absolute Gasteiger partial charge is 0.455 e. The lowest BCUT2D eigenvalue weighted by molar-refractivity contribution is -0.384. The first-order valence-electron chi connectivity index (χ1n) is 22.2. The minimum atomic E-state index is -4.54.